The van der Waals surface area contributed by atoms with Gasteiger partial charge in [-0.2, -0.15) is 13.2 Å². The zero-order valence-electron chi connectivity index (χ0n) is 11.1. The highest BCUT2D eigenvalue weighted by Gasteiger charge is 2.31. The van der Waals surface area contributed by atoms with Crippen molar-refractivity contribution in [1.29, 1.82) is 0 Å². The first-order chi connectivity index (χ1) is 8.76. The molecule has 0 bridgehead atoms. The van der Waals surface area contributed by atoms with E-state index in [1.807, 2.05) is 0 Å². The summed E-state index contributed by atoms with van der Waals surface area (Å²) in [5.41, 5.74) is 5.18. The molecule has 0 radical (unpaired) electrons. The van der Waals surface area contributed by atoms with Crippen molar-refractivity contribution in [2.45, 2.75) is 32.5 Å². The van der Waals surface area contributed by atoms with Crippen molar-refractivity contribution in [3.8, 4) is 0 Å². The predicted molar refractivity (Wildman–Crippen MR) is 69.4 cm³/mol. The fourth-order valence-corrected chi connectivity index (χ4v) is 1.31. The van der Waals surface area contributed by atoms with Crippen LogP contribution in [0.1, 0.15) is 20.3 Å². The monoisotopic (exact) mass is 276 g/mol. The van der Waals surface area contributed by atoms with E-state index in [4.69, 9.17) is 5.73 Å². The van der Waals surface area contributed by atoms with Gasteiger partial charge in [0, 0.05) is 19.0 Å². The molecule has 0 aromatic rings. The van der Waals surface area contributed by atoms with Gasteiger partial charge in [0.2, 0.25) is 5.91 Å². The van der Waals surface area contributed by atoms with E-state index < -0.39 is 17.8 Å². The Morgan fingerprint density at radius 2 is 2.05 bits per heavy atom. The maximum Gasteiger partial charge on any atom is 0.416 e. The number of nitrogens with two attached hydrogens (primary N) is 1. The summed E-state index contributed by atoms with van der Waals surface area (Å²) in [4.78, 5) is 11.1. The average Bonchev–Trinajstić information content (AvgIpc) is 2.35. The van der Waals surface area contributed by atoms with Gasteiger partial charge in [-0.1, -0.05) is 25.7 Å². The molecular weight excluding hydrogens is 257 g/mol. The molecule has 0 aromatic heterocycles. The second-order valence-corrected chi connectivity index (χ2v) is 3.85. The number of nitrogens with one attached hydrogen (secondary N) is 1. The Labute approximate surface area is 111 Å². The summed E-state index contributed by atoms with van der Waals surface area (Å²) in [6.45, 7) is 6.49. The molecule has 0 aliphatic rings. The fraction of sp³-hybridized carbons (Fsp3) is 0.462. The average molecular weight is 276 g/mol. The number of amides is 1. The molecule has 3 nitrogen and oxygen atoms in total. The van der Waals surface area contributed by atoms with E-state index in [-0.39, 0.29) is 12.5 Å². The van der Waals surface area contributed by atoms with Crippen molar-refractivity contribution >= 4 is 5.91 Å². The highest BCUT2D eigenvalue weighted by molar-refractivity contribution is 5.75. The summed E-state index contributed by atoms with van der Waals surface area (Å²) in [5.74, 6) is -0.199. The van der Waals surface area contributed by atoms with E-state index in [2.05, 4.69) is 11.9 Å². The Bertz CT molecular complexity index is 384. The minimum absolute atomic E-state index is 0.0884. The maximum atomic E-state index is 12.6. The van der Waals surface area contributed by atoms with E-state index >= 15 is 0 Å². The predicted octanol–water partition coefficient (Wildman–Crippen LogP) is 2.46. The van der Waals surface area contributed by atoms with E-state index in [0.717, 1.165) is 12.2 Å². The van der Waals surface area contributed by atoms with Gasteiger partial charge in [-0.15, -0.1) is 0 Å². The lowest BCUT2D eigenvalue weighted by Crippen LogP contribution is -2.38. The van der Waals surface area contributed by atoms with Gasteiger partial charge in [-0.05, 0) is 18.6 Å². The minimum atomic E-state index is -4.47. The Morgan fingerprint density at radius 3 is 2.42 bits per heavy atom. The van der Waals surface area contributed by atoms with Crippen molar-refractivity contribution in [3.05, 3.63) is 36.0 Å². The van der Waals surface area contributed by atoms with Crippen molar-refractivity contribution in [1.82, 2.24) is 5.32 Å². The van der Waals surface area contributed by atoms with Crippen LogP contribution in [0.2, 0.25) is 0 Å². The van der Waals surface area contributed by atoms with Gasteiger partial charge >= 0.3 is 6.18 Å². The summed E-state index contributed by atoms with van der Waals surface area (Å²) in [6.07, 6.45) is -1.01. The molecule has 1 amide bonds. The molecule has 0 spiro atoms. The van der Waals surface area contributed by atoms with Gasteiger partial charge in [-0.25, -0.2) is 0 Å². The topological polar surface area (TPSA) is 55.1 Å². The molecule has 3 N–H and O–H groups in total. The first-order valence-electron chi connectivity index (χ1n) is 5.86. The van der Waals surface area contributed by atoms with Gasteiger partial charge in [0.15, 0.2) is 0 Å². The van der Waals surface area contributed by atoms with E-state index in [1.54, 1.807) is 13.8 Å². The first-order valence-corrected chi connectivity index (χ1v) is 5.86. The molecule has 0 rings (SSSR count). The van der Waals surface area contributed by atoms with Crippen LogP contribution in [0.4, 0.5) is 13.2 Å². The molecule has 0 saturated carbocycles. The number of hydrogen-bond donors (Lipinski definition) is 2. The second-order valence-electron chi connectivity index (χ2n) is 3.85. The second kappa shape index (κ2) is 7.78. The van der Waals surface area contributed by atoms with Crippen molar-refractivity contribution in [2.24, 2.45) is 5.73 Å². The number of rotatable bonds is 6. The van der Waals surface area contributed by atoms with Gasteiger partial charge in [0.1, 0.15) is 0 Å². The summed E-state index contributed by atoms with van der Waals surface area (Å²) < 4.78 is 37.7. The van der Waals surface area contributed by atoms with Crippen LogP contribution in [0.25, 0.3) is 0 Å². The molecule has 0 aliphatic heterocycles. The molecular formula is C13H19F3N2O. The van der Waals surface area contributed by atoms with Crippen LogP contribution in [-0.2, 0) is 4.79 Å². The van der Waals surface area contributed by atoms with Crippen LogP contribution in [0.15, 0.2) is 36.0 Å². The Balaban J connectivity index is 4.88. The van der Waals surface area contributed by atoms with Crippen molar-refractivity contribution in [2.75, 3.05) is 6.54 Å². The van der Waals surface area contributed by atoms with Crippen LogP contribution >= 0.6 is 0 Å². The van der Waals surface area contributed by atoms with E-state index in [0.29, 0.717) is 12.0 Å². The Morgan fingerprint density at radius 1 is 1.47 bits per heavy atom. The molecule has 108 valence electrons. The highest BCUT2D eigenvalue weighted by atomic mass is 19.4. The normalized spacial score (nSPS) is 15.1. The summed E-state index contributed by atoms with van der Waals surface area (Å²) in [7, 11) is 0. The molecule has 0 heterocycles. The Hall–Kier alpha value is -1.56. The lowest BCUT2D eigenvalue weighted by molar-refractivity contribution is -0.120. The number of alkyl halides is 3. The third-order valence-corrected chi connectivity index (χ3v) is 2.47. The molecule has 6 heteroatoms. The molecule has 0 fully saturated rings. The lowest BCUT2D eigenvalue weighted by atomic mass is 10.0. The first kappa shape index (κ1) is 17.4. The largest absolute Gasteiger partial charge is 0.416 e. The number of allylic oxidation sites excluding steroid dienone is 3. The molecule has 1 unspecified atom stereocenters. The number of carbonyl (C=O) groups excluding carboxylic acids is 1. The van der Waals surface area contributed by atoms with Gasteiger partial charge in [-0.3, -0.25) is 4.79 Å². The third kappa shape index (κ3) is 6.24. The summed E-state index contributed by atoms with van der Waals surface area (Å²) in [6, 6.07) is -0.696. The van der Waals surface area contributed by atoms with Crippen LogP contribution in [0, 0.1) is 0 Å². The van der Waals surface area contributed by atoms with Gasteiger partial charge in [0.25, 0.3) is 0 Å². The molecule has 0 aliphatic carbocycles. The minimum Gasteiger partial charge on any atom is -0.354 e. The zero-order valence-corrected chi connectivity index (χ0v) is 11.1. The molecule has 0 aromatic carbocycles. The lowest BCUT2D eigenvalue weighted by Gasteiger charge is -2.16. The fourth-order valence-electron chi connectivity index (χ4n) is 1.31. The van der Waals surface area contributed by atoms with Crippen LogP contribution in [0.3, 0.4) is 0 Å². The highest BCUT2D eigenvalue weighted by Crippen LogP contribution is 2.27. The number of carbonyl (C=O) groups is 1. The van der Waals surface area contributed by atoms with Crippen molar-refractivity contribution < 1.29 is 18.0 Å². The van der Waals surface area contributed by atoms with Gasteiger partial charge < -0.3 is 11.1 Å². The van der Waals surface area contributed by atoms with Crippen LogP contribution in [0.5, 0.6) is 0 Å². The van der Waals surface area contributed by atoms with Gasteiger partial charge in [0.05, 0.1) is 5.57 Å². The summed E-state index contributed by atoms with van der Waals surface area (Å²) in [5, 5.41) is 2.54. The van der Waals surface area contributed by atoms with Crippen LogP contribution < -0.4 is 11.1 Å². The van der Waals surface area contributed by atoms with E-state index in [1.165, 1.54) is 6.08 Å². The van der Waals surface area contributed by atoms with E-state index in [9.17, 15) is 18.0 Å². The van der Waals surface area contributed by atoms with Crippen molar-refractivity contribution in [3.63, 3.8) is 0 Å². The smallest absolute Gasteiger partial charge is 0.354 e. The SMILES string of the molecule is C=C/C(=C\C(=C/C)C(N)CNC(=O)CC)C(F)(F)F. The summed E-state index contributed by atoms with van der Waals surface area (Å²) >= 11 is 0. The number of hydrogen-bond acceptors (Lipinski definition) is 2. The molecule has 19 heavy (non-hydrogen) atoms. The molecule has 1 atom stereocenters. The zero-order chi connectivity index (χ0) is 15.1. The third-order valence-electron chi connectivity index (χ3n) is 2.47. The standard InChI is InChI=1S/C13H19F3N2O/c1-4-9(7-10(5-2)13(14,15)16)11(17)8-18-12(19)6-3/h4-5,7,11H,2,6,8,17H2,1,3H3,(H,18,19)/b9-4+,10-7+. The van der Waals surface area contributed by atoms with Crippen LogP contribution in [-0.4, -0.2) is 24.7 Å². The Kier molecular flexibility index (Phi) is 7.14. The maximum absolute atomic E-state index is 12.6. The number of halogens is 3. The quantitative estimate of drug-likeness (QED) is 0.732. The molecule has 0 saturated heterocycles.